The molecule has 0 aliphatic carbocycles. The van der Waals surface area contributed by atoms with Crippen molar-refractivity contribution in [2.75, 3.05) is 33.2 Å². The summed E-state index contributed by atoms with van der Waals surface area (Å²) in [6, 6.07) is 8.58. The van der Waals surface area contributed by atoms with Crippen molar-refractivity contribution in [3.63, 3.8) is 0 Å². The van der Waals surface area contributed by atoms with Crippen LogP contribution in [0, 0.1) is 6.92 Å². The first-order valence-electron chi connectivity index (χ1n) is 9.50. The first kappa shape index (κ1) is 18.8. The smallest absolute Gasteiger partial charge is 0.191 e. The number of piperidine rings is 1. The van der Waals surface area contributed by atoms with Gasteiger partial charge < -0.3 is 15.5 Å². The zero-order valence-electron chi connectivity index (χ0n) is 15.5. The molecule has 24 heavy (non-hydrogen) atoms. The van der Waals surface area contributed by atoms with Crippen LogP contribution in [0.1, 0.15) is 49.7 Å². The Kier molecular flexibility index (Phi) is 8.67. The van der Waals surface area contributed by atoms with Gasteiger partial charge in [-0.1, -0.05) is 42.7 Å². The van der Waals surface area contributed by atoms with E-state index in [1.165, 1.54) is 69.3 Å². The highest BCUT2D eigenvalue weighted by molar-refractivity contribution is 5.79. The lowest BCUT2D eigenvalue weighted by molar-refractivity contribution is 0.224. The van der Waals surface area contributed by atoms with E-state index in [1.807, 2.05) is 7.05 Å². The van der Waals surface area contributed by atoms with Gasteiger partial charge in [-0.05, 0) is 57.8 Å². The molecule has 0 bridgehead atoms. The van der Waals surface area contributed by atoms with Crippen LogP contribution >= 0.6 is 0 Å². The minimum absolute atomic E-state index is 0.816. The number of nitrogens with zero attached hydrogens (tertiary/aromatic N) is 2. The number of aryl methyl sites for hydroxylation is 1. The molecule has 2 N–H and O–H groups in total. The third-order valence-corrected chi connectivity index (χ3v) is 4.66. The highest BCUT2D eigenvalue weighted by Gasteiger charge is 2.08. The Bertz CT molecular complexity index is 492. The number of hydrogen-bond donors (Lipinski definition) is 2. The number of aliphatic imine (C=N–C) groups is 1. The van der Waals surface area contributed by atoms with E-state index >= 15 is 0 Å². The molecule has 1 heterocycles. The number of unbranched alkanes of at least 4 members (excludes halogenated alkanes) is 2. The fourth-order valence-corrected chi connectivity index (χ4v) is 3.26. The summed E-state index contributed by atoms with van der Waals surface area (Å²) in [5, 5.41) is 6.80. The van der Waals surface area contributed by atoms with Crippen molar-refractivity contribution < 1.29 is 0 Å². The molecule has 0 radical (unpaired) electrons. The third-order valence-electron chi connectivity index (χ3n) is 4.66. The summed E-state index contributed by atoms with van der Waals surface area (Å²) in [6.45, 7) is 7.84. The van der Waals surface area contributed by atoms with Crippen LogP contribution in [0.2, 0.25) is 0 Å². The van der Waals surface area contributed by atoms with Gasteiger partial charge in [0.25, 0.3) is 0 Å². The molecule has 2 rings (SSSR count). The van der Waals surface area contributed by atoms with E-state index in [4.69, 9.17) is 0 Å². The summed E-state index contributed by atoms with van der Waals surface area (Å²) in [5.41, 5.74) is 2.59. The van der Waals surface area contributed by atoms with Crippen LogP contribution in [0.25, 0.3) is 0 Å². The number of hydrogen-bond acceptors (Lipinski definition) is 2. The topological polar surface area (TPSA) is 39.7 Å². The Balaban J connectivity index is 1.53. The van der Waals surface area contributed by atoms with Crippen molar-refractivity contribution in [1.29, 1.82) is 0 Å². The summed E-state index contributed by atoms with van der Waals surface area (Å²) in [5.74, 6) is 0.896. The molecule has 134 valence electrons. The number of benzene rings is 1. The monoisotopic (exact) mass is 330 g/mol. The minimum Gasteiger partial charge on any atom is -0.356 e. The van der Waals surface area contributed by atoms with E-state index in [1.54, 1.807) is 0 Å². The zero-order chi connectivity index (χ0) is 17.0. The molecule has 4 heteroatoms. The predicted molar refractivity (Wildman–Crippen MR) is 104 cm³/mol. The van der Waals surface area contributed by atoms with Gasteiger partial charge >= 0.3 is 0 Å². The van der Waals surface area contributed by atoms with Crippen LogP contribution in [0.3, 0.4) is 0 Å². The van der Waals surface area contributed by atoms with Crippen LogP contribution in [-0.2, 0) is 6.54 Å². The average molecular weight is 331 g/mol. The Morgan fingerprint density at radius 2 is 1.92 bits per heavy atom. The molecule has 1 saturated heterocycles. The first-order valence-corrected chi connectivity index (χ1v) is 9.50. The number of rotatable bonds is 8. The quantitative estimate of drug-likeness (QED) is 0.436. The van der Waals surface area contributed by atoms with Crippen LogP contribution in [0.4, 0.5) is 0 Å². The van der Waals surface area contributed by atoms with Crippen molar-refractivity contribution in [2.24, 2.45) is 4.99 Å². The predicted octanol–water partition coefficient (Wildman–Crippen LogP) is 3.32. The lowest BCUT2D eigenvalue weighted by atomic mass is 10.1. The Morgan fingerprint density at radius 1 is 1.08 bits per heavy atom. The van der Waals surface area contributed by atoms with Crippen molar-refractivity contribution in [3.05, 3.63) is 35.4 Å². The number of likely N-dealkylation sites (tertiary alicyclic amines) is 1. The van der Waals surface area contributed by atoms with Gasteiger partial charge in [0, 0.05) is 20.1 Å². The van der Waals surface area contributed by atoms with Crippen LogP contribution in [0.15, 0.2) is 29.3 Å². The van der Waals surface area contributed by atoms with Crippen LogP contribution < -0.4 is 10.6 Å². The summed E-state index contributed by atoms with van der Waals surface area (Å²) >= 11 is 0. The highest BCUT2D eigenvalue weighted by atomic mass is 15.2. The molecule has 1 aromatic carbocycles. The fourth-order valence-electron chi connectivity index (χ4n) is 3.26. The maximum absolute atomic E-state index is 4.30. The Hall–Kier alpha value is -1.55. The SMILES string of the molecule is CN=C(NCCCCCN1CCCCC1)NCc1cccc(C)c1. The third kappa shape index (κ3) is 7.35. The summed E-state index contributed by atoms with van der Waals surface area (Å²) in [4.78, 5) is 6.93. The molecule has 0 atom stereocenters. The summed E-state index contributed by atoms with van der Waals surface area (Å²) < 4.78 is 0. The Morgan fingerprint density at radius 3 is 2.67 bits per heavy atom. The molecule has 1 fully saturated rings. The minimum atomic E-state index is 0.816. The van der Waals surface area contributed by atoms with Gasteiger partial charge in [0.15, 0.2) is 5.96 Å². The maximum Gasteiger partial charge on any atom is 0.191 e. The molecule has 0 spiro atoms. The van der Waals surface area contributed by atoms with E-state index in [-0.39, 0.29) is 0 Å². The van der Waals surface area contributed by atoms with Gasteiger partial charge in [0.05, 0.1) is 0 Å². The van der Waals surface area contributed by atoms with Crippen molar-refractivity contribution in [3.8, 4) is 0 Å². The van der Waals surface area contributed by atoms with Crippen molar-refractivity contribution in [1.82, 2.24) is 15.5 Å². The van der Waals surface area contributed by atoms with Gasteiger partial charge in [0.2, 0.25) is 0 Å². The number of nitrogens with one attached hydrogen (secondary N) is 2. The van der Waals surface area contributed by atoms with Gasteiger partial charge in [-0.25, -0.2) is 0 Å². The summed E-state index contributed by atoms with van der Waals surface area (Å²) in [6.07, 6.45) is 8.03. The first-order chi connectivity index (χ1) is 11.8. The molecular formula is C20H34N4. The fraction of sp³-hybridized carbons (Fsp3) is 0.650. The average Bonchev–Trinajstić information content (AvgIpc) is 2.61. The van der Waals surface area contributed by atoms with Gasteiger partial charge in [0.1, 0.15) is 0 Å². The lowest BCUT2D eigenvalue weighted by Gasteiger charge is -2.26. The molecular weight excluding hydrogens is 296 g/mol. The van der Waals surface area contributed by atoms with E-state index in [0.29, 0.717) is 0 Å². The van der Waals surface area contributed by atoms with Gasteiger partial charge in [-0.15, -0.1) is 0 Å². The van der Waals surface area contributed by atoms with Gasteiger partial charge in [-0.3, -0.25) is 4.99 Å². The largest absolute Gasteiger partial charge is 0.356 e. The van der Waals surface area contributed by atoms with E-state index in [0.717, 1.165) is 19.0 Å². The van der Waals surface area contributed by atoms with Crippen molar-refractivity contribution >= 4 is 5.96 Å². The maximum atomic E-state index is 4.30. The zero-order valence-corrected chi connectivity index (χ0v) is 15.5. The van der Waals surface area contributed by atoms with E-state index in [2.05, 4.69) is 51.7 Å². The van der Waals surface area contributed by atoms with Crippen LogP contribution in [-0.4, -0.2) is 44.1 Å². The molecule has 0 saturated carbocycles. The normalized spacial score (nSPS) is 16.2. The summed E-state index contributed by atoms with van der Waals surface area (Å²) in [7, 11) is 1.84. The molecule has 0 unspecified atom stereocenters. The number of guanidine groups is 1. The van der Waals surface area contributed by atoms with E-state index in [9.17, 15) is 0 Å². The molecule has 1 aliphatic rings. The molecule has 1 aromatic rings. The second-order valence-electron chi connectivity index (χ2n) is 6.80. The second kappa shape index (κ2) is 11.1. The molecule has 1 aliphatic heterocycles. The van der Waals surface area contributed by atoms with E-state index < -0.39 is 0 Å². The van der Waals surface area contributed by atoms with Crippen molar-refractivity contribution in [2.45, 2.75) is 52.0 Å². The molecule has 4 nitrogen and oxygen atoms in total. The Labute approximate surface area is 147 Å². The van der Waals surface area contributed by atoms with Crippen LogP contribution in [0.5, 0.6) is 0 Å². The second-order valence-corrected chi connectivity index (χ2v) is 6.80. The van der Waals surface area contributed by atoms with Gasteiger partial charge in [-0.2, -0.15) is 0 Å². The molecule has 0 amide bonds. The standard InChI is InChI=1S/C20H34N4/c1-18-10-9-11-19(16-18)17-23-20(21-2)22-12-5-3-6-13-24-14-7-4-8-15-24/h9-11,16H,3-8,12-15,17H2,1-2H3,(H2,21,22,23). The molecule has 0 aromatic heterocycles. The lowest BCUT2D eigenvalue weighted by Crippen LogP contribution is -2.37. The highest BCUT2D eigenvalue weighted by Crippen LogP contribution is 2.09.